The van der Waals surface area contributed by atoms with Gasteiger partial charge < -0.3 is 25.6 Å². The zero-order valence-corrected chi connectivity index (χ0v) is 27.0. The molecule has 10 nitrogen and oxygen atoms in total. The van der Waals surface area contributed by atoms with Crippen LogP contribution in [0.2, 0.25) is 10.0 Å². The normalized spacial score (nSPS) is 10.9. The Morgan fingerprint density at radius 1 is 0.957 bits per heavy atom. The number of hydrogen-bond acceptors (Lipinski definition) is 6. The Hall–Kier alpha value is -4.93. The molecule has 0 aliphatic rings. The lowest BCUT2D eigenvalue weighted by atomic mass is 10.1. The minimum absolute atomic E-state index is 0.0487. The standard InChI is InChI=1S/C34H33Cl2N5O5/c1-21-7-11-23-5-4-6-28(33(23)40-21)46-20-25-26(35)14-15-27(32(25)36)41(3)31(44)19-39-30(43)16-10-22-8-12-24(13-9-22)34(45)38-18-17-29(42)37-2/h4-16H,17-20H2,1-3H3,(H,37,42)(H,38,45)(H,39,43)/b16-10+. The molecule has 3 aromatic carbocycles. The molecule has 4 rings (SSSR count). The fourth-order valence-electron chi connectivity index (χ4n) is 4.37. The van der Waals surface area contributed by atoms with E-state index in [4.69, 9.17) is 27.9 Å². The molecule has 0 saturated carbocycles. The summed E-state index contributed by atoms with van der Waals surface area (Å²) in [7, 11) is 3.08. The van der Waals surface area contributed by atoms with E-state index in [0.717, 1.165) is 16.6 Å². The van der Waals surface area contributed by atoms with Gasteiger partial charge in [0, 0.05) is 60.4 Å². The molecule has 4 amide bonds. The highest BCUT2D eigenvalue weighted by atomic mass is 35.5. The zero-order valence-electron chi connectivity index (χ0n) is 25.5. The van der Waals surface area contributed by atoms with E-state index in [1.165, 1.54) is 18.0 Å². The van der Waals surface area contributed by atoms with Crippen molar-refractivity contribution in [1.82, 2.24) is 20.9 Å². The lowest BCUT2D eigenvalue weighted by Gasteiger charge is -2.21. The van der Waals surface area contributed by atoms with Gasteiger partial charge in [-0.3, -0.25) is 19.2 Å². The molecular weight excluding hydrogens is 629 g/mol. The zero-order chi connectivity index (χ0) is 33.2. The molecule has 3 N–H and O–H groups in total. The summed E-state index contributed by atoms with van der Waals surface area (Å²) >= 11 is 13.2. The topological polar surface area (TPSA) is 130 Å². The molecule has 0 atom stereocenters. The van der Waals surface area contributed by atoms with E-state index < -0.39 is 11.8 Å². The molecule has 0 fully saturated rings. The number of nitrogens with one attached hydrogen (secondary N) is 3. The van der Waals surface area contributed by atoms with Gasteiger partial charge in [-0.15, -0.1) is 0 Å². The van der Waals surface area contributed by atoms with Crippen LogP contribution in [-0.4, -0.2) is 55.8 Å². The maximum Gasteiger partial charge on any atom is 0.251 e. The number of rotatable bonds is 12. The first-order chi connectivity index (χ1) is 22.1. The lowest BCUT2D eigenvalue weighted by molar-refractivity contribution is -0.122. The Kier molecular flexibility index (Phi) is 11.7. The van der Waals surface area contributed by atoms with Crippen molar-refractivity contribution in [2.24, 2.45) is 0 Å². The minimum atomic E-state index is -0.479. The van der Waals surface area contributed by atoms with Gasteiger partial charge in [0.25, 0.3) is 5.91 Å². The molecule has 12 heteroatoms. The maximum atomic E-state index is 13.0. The molecule has 0 saturated heterocycles. The van der Waals surface area contributed by atoms with Gasteiger partial charge >= 0.3 is 0 Å². The lowest BCUT2D eigenvalue weighted by Crippen LogP contribution is -2.37. The minimum Gasteiger partial charge on any atom is -0.487 e. The van der Waals surface area contributed by atoms with Gasteiger partial charge in [-0.1, -0.05) is 53.5 Å². The quantitative estimate of drug-likeness (QED) is 0.182. The van der Waals surface area contributed by atoms with Crippen molar-refractivity contribution in [2.45, 2.75) is 20.0 Å². The predicted octanol–water partition coefficient (Wildman–Crippen LogP) is 5.09. The van der Waals surface area contributed by atoms with Gasteiger partial charge in [-0.25, -0.2) is 4.98 Å². The van der Waals surface area contributed by atoms with Crippen LogP contribution >= 0.6 is 23.2 Å². The summed E-state index contributed by atoms with van der Waals surface area (Å²) in [5.41, 5.74) is 3.59. The van der Waals surface area contributed by atoms with Crippen LogP contribution in [0.15, 0.2) is 72.8 Å². The SMILES string of the molecule is CNC(=O)CCNC(=O)c1ccc(/C=C/C(=O)NCC(=O)N(C)c2ccc(Cl)c(COc3cccc4ccc(C)nc34)c2Cl)cc1. The number of amides is 4. The van der Waals surface area contributed by atoms with Crippen molar-refractivity contribution in [3.63, 3.8) is 0 Å². The number of hydrogen-bond donors (Lipinski definition) is 3. The number of fused-ring (bicyclic) bond motifs is 1. The number of anilines is 1. The number of aromatic nitrogens is 1. The number of likely N-dealkylation sites (N-methyl/N-ethyl adjacent to an activating group) is 1. The third-order valence-corrected chi connectivity index (χ3v) is 7.80. The Labute approximate surface area is 276 Å². The van der Waals surface area contributed by atoms with Crippen LogP contribution in [0.25, 0.3) is 17.0 Å². The summed E-state index contributed by atoms with van der Waals surface area (Å²) in [6.45, 7) is 1.90. The number of carbonyl (C=O) groups excluding carboxylic acids is 4. The van der Waals surface area contributed by atoms with E-state index in [1.807, 2.05) is 37.3 Å². The third kappa shape index (κ3) is 8.83. The second kappa shape index (κ2) is 15.9. The van der Waals surface area contributed by atoms with Gasteiger partial charge in [0.2, 0.25) is 17.7 Å². The van der Waals surface area contributed by atoms with Crippen molar-refractivity contribution in [3.8, 4) is 5.75 Å². The number of para-hydroxylation sites is 1. The molecule has 46 heavy (non-hydrogen) atoms. The Bertz CT molecular complexity index is 1790. The van der Waals surface area contributed by atoms with Gasteiger partial charge in [0.15, 0.2) is 0 Å². The summed E-state index contributed by atoms with van der Waals surface area (Å²) in [5.74, 6) is -0.777. The Balaban J connectivity index is 1.32. The third-order valence-electron chi connectivity index (χ3n) is 7.03. The molecule has 238 valence electrons. The van der Waals surface area contributed by atoms with Crippen molar-refractivity contribution >= 4 is 69.5 Å². The highest BCUT2D eigenvalue weighted by Gasteiger charge is 2.19. The summed E-state index contributed by atoms with van der Waals surface area (Å²) in [6.07, 6.45) is 3.04. The summed E-state index contributed by atoms with van der Waals surface area (Å²) in [4.78, 5) is 54.8. The van der Waals surface area contributed by atoms with Crippen LogP contribution in [0, 0.1) is 6.92 Å². The molecule has 0 radical (unpaired) electrons. The van der Waals surface area contributed by atoms with Gasteiger partial charge in [0.05, 0.1) is 17.3 Å². The monoisotopic (exact) mass is 661 g/mol. The van der Waals surface area contributed by atoms with Crippen molar-refractivity contribution < 1.29 is 23.9 Å². The first kappa shape index (κ1) is 34.0. The Morgan fingerprint density at radius 2 is 1.72 bits per heavy atom. The summed E-state index contributed by atoms with van der Waals surface area (Å²) in [5, 5.41) is 9.30. The van der Waals surface area contributed by atoms with E-state index >= 15 is 0 Å². The summed E-state index contributed by atoms with van der Waals surface area (Å²) < 4.78 is 6.07. The number of nitrogens with zero attached hydrogens (tertiary/aromatic N) is 2. The summed E-state index contributed by atoms with van der Waals surface area (Å²) in [6, 6.07) is 19.4. The highest BCUT2D eigenvalue weighted by molar-refractivity contribution is 6.38. The van der Waals surface area contributed by atoms with E-state index in [9.17, 15) is 19.2 Å². The molecule has 0 aliphatic carbocycles. The smallest absolute Gasteiger partial charge is 0.251 e. The van der Waals surface area contributed by atoms with E-state index in [-0.39, 0.29) is 43.0 Å². The highest BCUT2D eigenvalue weighted by Crippen LogP contribution is 2.35. The number of ether oxygens (including phenoxy) is 1. The van der Waals surface area contributed by atoms with Crippen molar-refractivity contribution in [3.05, 3.63) is 105 Å². The number of halogens is 2. The molecule has 0 aliphatic heterocycles. The fourth-order valence-corrected chi connectivity index (χ4v) is 4.98. The molecule has 0 unspecified atom stereocenters. The predicted molar refractivity (Wildman–Crippen MR) is 180 cm³/mol. The average molecular weight is 663 g/mol. The van der Waals surface area contributed by atoms with Crippen LogP contribution in [-0.2, 0) is 21.0 Å². The van der Waals surface area contributed by atoms with Gasteiger partial charge in [-0.05, 0) is 55.0 Å². The molecular formula is C34H33Cl2N5O5. The van der Waals surface area contributed by atoms with E-state index in [1.54, 1.807) is 49.5 Å². The van der Waals surface area contributed by atoms with Crippen molar-refractivity contribution in [2.75, 3.05) is 32.1 Å². The number of pyridine rings is 1. The van der Waals surface area contributed by atoms with Crippen LogP contribution in [0.4, 0.5) is 5.69 Å². The van der Waals surface area contributed by atoms with Crippen LogP contribution in [0.1, 0.15) is 33.6 Å². The fraction of sp³-hybridized carbons (Fsp3) is 0.206. The van der Waals surface area contributed by atoms with Gasteiger partial charge in [0.1, 0.15) is 17.9 Å². The first-order valence-corrected chi connectivity index (χ1v) is 15.1. The number of aryl methyl sites for hydroxylation is 1. The second-order valence-electron chi connectivity index (χ2n) is 10.2. The molecule has 1 heterocycles. The molecule has 0 spiro atoms. The number of benzene rings is 3. The van der Waals surface area contributed by atoms with E-state index in [0.29, 0.717) is 33.1 Å². The van der Waals surface area contributed by atoms with E-state index in [2.05, 4.69) is 20.9 Å². The van der Waals surface area contributed by atoms with Crippen LogP contribution in [0.3, 0.4) is 0 Å². The Morgan fingerprint density at radius 3 is 2.46 bits per heavy atom. The van der Waals surface area contributed by atoms with Crippen molar-refractivity contribution in [1.29, 1.82) is 0 Å². The molecule has 0 bridgehead atoms. The average Bonchev–Trinajstić information content (AvgIpc) is 3.06. The largest absolute Gasteiger partial charge is 0.487 e. The molecule has 4 aromatic rings. The first-order valence-electron chi connectivity index (χ1n) is 14.3. The second-order valence-corrected chi connectivity index (χ2v) is 11.0. The number of carbonyl (C=O) groups is 4. The van der Waals surface area contributed by atoms with Crippen LogP contribution < -0.4 is 25.6 Å². The maximum absolute atomic E-state index is 13.0. The molecule has 1 aromatic heterocycles. The van der Waals surface area contributed by atoms with Gasteiger partial charge in [-0.2, -0.15) is 0 Å². The van der Waals surface area contributed by atoms with Crippen LogP contribution in [0.5, 0.6) is 5.75 Å².